The van der Waals surface area contributed by atoms with Gasteiger partial charge in [0.2, 0.25) is 0 Å². The van der Waals surface area contributed by atoms with Crippen LogP contribution in [-0.4, -0.2) is 48.0 Å². The fraction of sp³-hybridized carbons (Fsp3) is 0.700. The molecule has 6 saturated carbocycles. The molecule has 1 aromatic carbocycles. The zero-order valence-electron chi connectivity index (χ0n) is 21.0. The second-order valence-electron chi connectivity index (χ2n) is 12.9. The Kier molecular flexibility index (Phi) is 4.84. The molecule has 1 saturated heterocycles. The van der Waals surface area contributed by atoms with E-state index >= 15 is 0 Å². The van der Waals surface area contributed by atoms with Crippen LogP contribution in [0.2, 0.25) is 0 Å². The van der Waals surface area contributed by atoms with E-state index in [1.54, 1.807) is 0 Å². The van der Waals surface area contributed by atoms with Crippen molar-refractivity contribution in [3.63, 3.8) is 0 Å². The Bertz CT molecular complexity index is 1040. The lowest BCUT2D eigenvalue weighted by molar-refractivity contribution is -0.156. The highest BCUT2D eigenvalue weighted by atomic mass is 16.6. The average Bonchev–Trinajstić information content (AvgIpc) is 3.15. The number of likely N-dealkylation sites (tertiary alicyclic amines) is 1. The quantitative estimate of drug-likeness (QED) is 0.594. The Hall–Kier alpha value is -1.85. The van der Waals surface area contributed by atoms with Gasteiger partial charge in [0.1, 0.15) is 6.61 Å². The van der Waals surface area contributed by atoms with Crippen molar-refractivity contribution in [2.24, 2.45) is 39.9 Å². The fourth-order valence-corrected chi connectivity index (χ4v) is 10.9. The molecule has 1 aliphatic heterocycles. The maximum Gasteiger partial charge on any atom is 0.410 e. The predicted molar refractivity (Wildman–Crippen MR) is 132 cm³/mol. The van der Waals surface area contributed by atoms with Gasteiger partial charge in [-0.05, 0) is 78.6 Å². The maximum atomic E-state index is 13.6. The van der Waals surface area contributed by atoms with Gasteiger partial charge in [0.25, 0.3) is 0 Å². The van der Waals surface area contributed by atoms with Crippen LogP contribution in [0.4, 0.5) is 4.79 Å². The second kappa shape index (κ2) is 7.58. The summed E-state index contributed by atoms with van der Waals surface area (Å²) < 4.78 is 12.6. The van der Waals surface area contributed by atoms with Gasteiger partial charge in [0.05, 0.1) is 19.3 Å². The molecule has 5 nitrogen and oxygen atoms in total. The lowest BCUT2D eigenvalue weighted by Gasteiger charge is -2.63. The third-order valence-corrected chi connectivity index (χ3v) is 11.6. The van der Waals surface area contributed by atoms with Crippen LogP contribution < -0.4 is 0 Å². The molecule has 2 unspecified atom stereocenters. The molecule has 2 spiro atoms. The number of aliphatic hydroxyl groups excluding tert-OH is 1. The highest BCUT2D eigenvalue weighted by molar-refractivity contribution is 5.69. The number of allylic oxidation sites excluding steroid dienone is 1. The summed E-state index contributed by atoms with van der Waals surface area (Å²) in [6, 6.07) is 10.2. The normalized spacial score (nSPS) is 46.6. The Morgan fingerprint density at radius 3 is 2.86 bits per heavy atom. The van der Waals surface area contributed by atoms with Crippen LogP contribution in [0.15, 0.2) is 42.5 Å². The van der Waals surface area contributed by atoms with E-state index in [1.807, 2.05) is 30.3 Å². The van der Waals surface area contributed by atoms with Crippen molar-refractivity contribution in [1.29, 1.82) is 0 Å². The number of aliphatic hydroxyl groups is 1. The lowest BCUT2D eigenvalue weighted by atomic mass is 9.40. The number of carbonyl (C=O) groups excluding carboxylic acids is 1. The van der Waals surface area contributed by atoms with Crippen molar-refractivity contribution in [2.45, 2.75) is 70.6 Å². The number of fused-ring (bicyclic) bond motifs is 1. The van der Waals surface area contributed by atoms with E-state index in [0.717, 1.165) is 24.9 Å². The first kappa shape index (κ1) is 22.4. The average molecular weight is 478 g/mol. The number of hydrogen-bond donors (Lipinski definition) is 1. The molecule has 5 heteroatoms. The largest absolute Gasteiger partial charge is 0.445 e. The highest BCUT2D eigenvalue weighted by Gasteiger charge is 2.81. The second-order valence-corrected chi connectivity index (χ2v) is 12.9. The maximum absolute atomic E-state index is 13.6. The van der Waals surface area contributed by atoms with Crippen LogP contribution in [0.3, 0.4) is 0 Å². The number of benzene rings is 1. The Labute approximate surface area is 208 Å². The molecule has 5 bridgehead atoms. The van der Waals surface area contributed by atoms with Gasteiger partial charge >= 0.3 is 6.09 Å². The van der Waals surface area contributed by atoms with Crippen LogP contribution in [0.25, 0.3) is 0 Å². The third-order valence-electron chi connectivity index (χ3n) is 11.6. The summed E-state index contributed by atoms with van der Waals surface area (Å²) in [7, 11) is 0. The number of rotatable bonds is 5. The predicted octanol–water partition coefficient (Wildman–Crippen LogP) is 5.18. The zero-order chi connectivity index (χ0) is 24.0. The van der Waals surface area contributed by atoms with Gasteiger partial charge in [-0.1, -0.05) is 55.8 Å². The molecular formula is C30H39NO4. The van der Waals surface area contributed by atoms with Gasteiger partial charge in [0.15, 0.2) is 0 Å². The van der Waals surface area contributed by atoms with E-state index in [2.05, 4.69) is 18.4 Å². The Balaban J connectivity index is 1.27. The standard InChI is InChI=1S/C30H39NO4/c1-19-15-29-16-23-25-28(2,18-31(23)27(33)35-17-20-7-4-3-5-8-20)9-6-10-30(25)24(29)14-21(19)13-22(29)26(30)34-12-11-32/h3-5,7-8,21-26,32H,1,6,9-18H2,2H3/t21-,22?,23-,24+,25+,26?,28-,29-,30+/m0/s1. The molecule has 9 atom stereocenters. The summed E-state index contributed by atoms with van der Waals surface area (Å²) in [5.41, 5.74) is 2.87. The van der Waals surface area contributed by atoms with Crippen LogP contribution in [0, 0.1) is 39.9 Å². The summed E-state index contributed by atoms with van der Waals surface area (Å²) in [6.07, 6.45) is 8.24. The van der Waals surface area contributed by atoms with E-state index in [-0.39, 0.29) is 41.1 Å². The van der Waals surface area contributed by atoms with Crippen molar-refractivity contribution in [1.82, 2.24) is 4.90 Å². The third kappa shape index (κ3) is 2.80. The fourth-order valence-electron chi connectivity index (χ4n) is 10.9. The number of ether oxygens (including phenoxy) is 2. The highest BCUT2D eigenvalue weighted by Crippen LogP contribution is 2.82. The van der Waals surface area contributed by atoms with E-state index in [9.17, 15) is 9.90 Å². The molecule has 35 heavy (non-hydrogen) atoms. The Morgan fingerprint density at radius 1 is 1.23 bits per heavy atom. The smallest absolute Gasteiger partial charge is 0.410 e. The van der Waals surface area contributed by atoms with Crippen molar-refractivity contribution in [3.8, 4) is 0 Å². The van der Waals surface area contributed by atoms with Gasteiger partial charge in [0, 0.05) is 18.0 Å². The van der Waals surface area contributed by atoms with Crippen LogP contribution in [0.5, 0.6) is 0 Å². The summed E-state index contributed by atoms with van der Waals surface area (Å²) in [4.78, 5) is 15.8. The monoisotopic (exact) mass is 477 g/mol. The van der Waals surface area contributed by atoms with Crippen LogP contribution in [0.1, 0.15) is 57.4 Å². The molecule has 188 valence electrons. The van der Waals surface area contributed by atoms with Gasteiger partial charge in [-0.15, -0.1) is 0 Å². The lowest BCUT2D eigenvalue weighted by Crippen LogP contribution is -2.61. The molecule has 1 heterocycles. The minimum atomic E-state index is -0.146. The van der Waals surface area contributed by atoms with Gasteiger partial charge in [-0.2, -0.15) is 0 Å². The summed E-state index contributed by atoms with van der Waals surface area (Å²) in [5.74, 6) is 2.27. The molecule has 7 aliphatic rings. The van der Waals surface area contributed by atoms with Gasteiger partial charge in [-0.3, -0.25) is 0 Å². The molecule has 0 aromatic heterocycles. The van der Waals surface area contributed by atoms with Crippen molar-refractivity contribution in [2.75, 3.05) is 19.8 Å². The molecule has 1 amide bonds. The molecule has 8 rings (SSSR count). The van der Waals surface area contributed by atoms with Gasteiger partial charge in [-0.25, -0.2) is 4.79 Å². The van der Waals surface area contributed by atoms with Crippen molar-refractivity contribution in [3.05, 3.63) is 48.0 Å². The first-order valence-corrected chi connectivity index (χ1v) is 13.8. The minimum Gasteiger partial charge on any atom is -0.445 e. The van der Waals surface area contributed by atoms with Crippen LogP contribution in [-0.2, 0) is 16.1 Å². The van der Waals surface area contributed by atoms with E-state index in [1.165, 1.54) is 37.7 Å². The van der Waals surface area contributed by atoms with Gasteiger partial charge < -0.3 is 19.5 Å². The molecule has 1 N–H and O–H groups in total. The summed E-state index contributed by atoms with van der Waals surface area (Å²) in [6.45, 7) is 8.60. The molecular weight excluding hydrogens is 438 g/mol. The summed E-state index contributed by atoms with van der Waals surface area (Å²) in [5, 5.41) is 9.70. The minimum absolute atomic E-state index is 0.0798. The first-order valence-electron chi connectivity index (χ1n) is 13.8. The number of nitrogens with zero attached hydrogens (tertiary/aromatic N) is 1. The van der Waals surface area contributed by atoms with Crippen molar-refractivity contribution >= 4 is 6.09 Å². The Morgan fingerprint density at radius 2 is 2.06 bits per heavy atom. The molecule has 0 radical (unpaired) electrons. The topological polar surface area (TPSA) is 59.0 Å². The molecule has 7 fully saturated rings. The summed E-state index contributed by atoms with van der Waals surface area (Å²) >= 11 is 0. The van der Waals surface area contributed by atoms with Crippen LogP contribution >= 0.6 is 0 Å². The van der Waals surface area contributed by atoms with Crippen molar-refractivity contribution < 1.29 is 19.4 Å². The first-order chi connectivity index (χ1) is 16.9. The van der Waals surface area contributed by atoms with E-state index in [4.69, 9.17) is 9.47 Å². The van der Waals surface area contributed by atoms with E-state index in [0.29, 0.717) is 36.9 Å². The number of carbonyl (C=O) groups is 1. The SMILES string of the molecule is C=C1C[C@]23C[C@H]4[C@@H]5[C@@](C)(CCC[C@]56C(OCCO)C2C[C@H]1C[C@H]36)CN4C(=O)OCc1ccccc1. The molecule has 6 aliphatic carbocycles. The molecule has 1 aromatic rings. The van der Waals surface area contributed by atoms with E-state index < -0.39 is 0 Å². The zero-order valence-corrected chi connectivity index (χ0v) is 21.0. The number of hydrogen-bond acceptors (Lipinski definition) is 4. The number of amides is 1.